The van der Waals surface area contributed by atoms with E-state index in [1.165, 1.54) is 11.8 Å². The van der Waals surface area contributed by atoms with Gasteiger partial charge in [0.05, 0.1) is 29.2 Å². The molecule has 1 saturated heterocycles. The number of imidazole rings is 1. The fourth-order valence-electron chi connectivity index (χ4n) is 4.92. The van der Waals surface area contributed by atoms with E-state index in [2.05, 4.69) is 40.1 Å². The molecule has 1 aliphatic heterocycles. The molecule has 0 aliphatic carbocycles. The van der Waals surface area contributed by atoms with E-state index in [-0.39, 0.29) is 5.56 Å². The number of fused-ring (bicyclic) bond motifs is 3. The van der Waals surface area contributed by atoms with Gasteiger partial charge in [0, 0.05) is 44.5 Å². The van der Waals surface area contributed by atoms with E-state index in [4.69, 9.17) is 0 Å². The number of pyridine rings is 1. The van der Waals surface area contributed by atoms with E-state index in [9.17, 15) is 15.2 Å². The van der Waals surface area contributed by atoms with Crippen LogP contribution in [0, 0.1) is 18.3 Å². The summed E-state index contributed by atoms with van der Waals surface area (Å²) in [7, 11) is 0. The van der Waals surface area contributed by atoms with Crippen molar-refractivity contribution in [1.29, 1.82) is 5.26 Å². The third kappa shape index (κ3) is 3.88. The van der Waals surface area contributed by atoms with Gasteiger partial charge >= 0.3 is 0 Å². The average molecular weight is 442 g/mol. The van der Waals surface area contributed by atoms with Gasteiger partial charge in [0.25, 0.3) is 5.56 Å². The second-order valence-electron chi connectivity index (χ2n) is 8.69. The normalized spacial score (nSPS) is 15.7. The number of para-hydroxylation sites is 3. The van der Waals surface area contributed by atoms with Crippen molar-refractivity contribution in [3.8, 4) is 6.07 Å². The maximum Gasteiger partial charge on any atom is 0.257 e. The van der Waals surface area contributed by atoms with Crippen LogP contribution >= 0.6 is 0 Å². The molecule has 7 nitrogen and oxygen atoms in total. The minimum atomic E-state index is -0.630. The van der Waals surface area contributed by atoms with Crippen LogP contribution in [0.2, 0.25) is 0 Å². The Balaban J connectivity index is 1.39. The van der Waals surface area contributed by atoms with Gasteiger partial charge in [0.15, 0.2) is 0 Å². The highest BCUT2D eigenvalue weighted by Gasteiger charge is 2.22. The zero-order valence-electron chi connectivity index (χ0n) is 18.7. The molecule has 7 heteroatoms. The SMILES string of the molecule is Cc1cc(=O)n2c3ccccc3n(CC(O)CN3CCN(c4ccccc4)CC3)c2c1C#N. The van der Waals surface area contributed by atoms with Gasteiger partial charge in [-0.05, 0) is 36.8 Å². The Morgan fingerprint density at radius 1 is 0.970 bits per heavy atom. The first-order valence-electron chi connectivity index (χ1n) is 11.3. The van der Waals surface area contributed by atoms with Gasteiger partial charge < -0.3 is 14.6 Å². The Bertz CT molecular complexity index is 1390. The molecule has 0 spiro atoms. The predicted octanol–water partition coefficient (Wildman–Crippen LogP) is 2.62. The maximum atomic E-state index is 12.8. The molecule has 1 atom stereocenters. The summed E-state index contributed by atoms with van der Waals surface area (Å²) in [6.45, 7) is 6.22. The minimum Gasteiger partial charge on any atom is -0.390 e. The molecular formula is C26H27N5O2. The third-order valence-corrected chi connectivity index (χ3v) is 6.53. The molecule has 2 aromatic heterocycles. The topological polar surface area (TPSA) is 76.9 Å². The Morgan fingerprint density at radius 2 is 1.64 bits per heavy atom. The number of hydrogen-bond acceptors (Lipinski definition) is 5. The van der Waals surface area contributed by atoms with Crippen LogP contribution in [0.5, 0.6) is 0 Å². The van der Waals surface area contributed by atoms with Crippen LogP contribution in [0.3, 0.4) is 0 Å². The second-order valence-corrected chi connectivity index (χ2v) is 8.69. The number of aryl methyl sites for hydroxylation is 1. The summed E-state index contributed by atoms with van der Waals surface area (Å²) >= 11 is 0. The van der Waals surface area contributed by atoms with E-state index in [0.29, 0.717) is 29.9 Å². The summed E-state index contributed by atoms with van der Waals surface area (Å²) in [5, 5.41) is 20.8. The molecule has 0 radical (unpaired) electrons. The standard InChI is InChI=1S/C26H27N5O2/c1-19-15-25(33)31-24-10-6-5-9-23(24)30(26(31)22(19)16-27)18-21(32)17-28-11-13-29(14-12-28)20-7-3-2-4-8-20/h2-10,15,21,32H,11-14,17-18H2,1H3. The van der Waals surface area contributed by atoms with Crippen LogP contribution in [-0.4, -0.2) is 57.8 Å². The fraction of sp³-hybridized carbons (Fsp3) is 0.308. The molecule has 0 bridgehead atoms. The van der Waals surface area contributed by atoms with E-state index >= 15 is 0 Å². The van der Waals surface area contributed by atoms with Crippen molar-refractivity contribution in [2.75, 3.05) is 37.6 Å². The number of β-amino-alcohol motifs (C(OH)–C–C–N with tert-alkyl or cyclic N) is 1. The number of aromatic nitrogens is 2. The minimum absolute atomic E-state index is 0.164. The Hall–Kier alpha value is -3.60. The van der Waals surface area contributed by atoms with Gasteiger partial charge in [-0.25, -0.2) is 0 Å². The molecule has 4 aromatic rings. The van der Waals surface area contributed by atoms with Crippen molar-refractivity contribution >= 4 is 22.4 Å². The first kappa shape index (κ1) is 21.3. The van der Waals surface area contributed by atoms with Gasteiger partial charge in [0.1, 0.15) is 11.7 Å². The third-order valence-electron chi connectivity index (χ3n) is 6.53. The number of rotatable bonds is 5. The number of benzene rings is 2. The first-order valence-corrected chi connectivity index (χ1v) is 11.3. The van der Waals surface area contributed by atoms with Crippen LogP contribution in [0.25, 0.3) is 16.7 Å². The molecule has 5 rings (SSSR count). The van der Waals surface area contributed by atoms with Gasteiger partial charge in [-0.2, -0.15) is 5.26 Å². The van der Waals surface area contributed by atoms with Crippen molar-refractivity contribution < 1.29 is 5.11 Å². The highest BCUT2D eigenvalue weighted by atomic mass is 16.3. The van der Waals surface area contributed by atoms with Gasteiger partial charge in [-0.3, -0.25) is 14.1 Å². The smallest absolute Gasteiger partial charge is 0.257 e. The molecule has 2 aromatic carbocycles. The summed E-state index contributed by atoms with van der Waals surface area (Å²) in [5.74, 6) is 0. The summed E-state index contributed by atoms with van der Waals surface area (Å²) in [6.07, 6.45) is -0.630. The summed E-state index contributed by atoms with van der Waals surface area (Å²) in [5.41, 5.74) is 4.32. The number of nitrogens with zero attached hydrogens (tertiary/aromatic N) is 5. The van der Waals surface area contributed by atoms with Crippen LogP contribution in [0.15, 0.2) is 65.5 Å². The lowest BCUT2D eigenvalue weighted by Gasteiger charge is -2.37. The molecule has 3 heterocycles. The Morgan fingerprint density at radius 3 is 2.33 bits per heavy atom. The van der Waals surface area contributed by atoms with Crippen LogP contribution < -0.4 is 10.5 Å². The second kappa shape index (κ2) is 8.74. The number of hydrogen-bond donors (Lipinski definition) is 1. The monoisotopic (exact) mass is 441 g/mol. The van der Waals surface area contributed by atoms with Crippen molar-refractivity contribution in [2.45, 2.75) is 19.6 Å². The Labute approximate surface area is 192 Å². The van der Waals surface area contributed by atoms with E-state index in [0.717, 1.165) is 37.2 Å². The number of anilines is 1. The van der Waals surface area contributed by atoms with Crippen LogP contribution in [-0.2, 0) is 6.54 Å². The largest absolute Gasteiger partial charge is 0.390 e. The molecule has 1 fully saturated rings. The molecule has 0 amide bonds. The van der Waals surface area contributed by atoms with Crippen LogP contribution in [0.1, 0.15) is 11.1 Å². The first-order chi connectivity index (χ1) is 16.1. The van der Waals surface area contributed by atoms with E-state index in [1.54, 1.807) is 11.3 Å². The molecule has 168 valence electrons. The molecule has 0 saturated carbocycles. The van der Waals surface area contributed by atoms with E-state index < -0.39 is 6.10 Å². The van der Waals surface area contributed by atoms with Crippen molar-refractivity contribution in [1.82, 2.24) is 13.9 Å². The Kier molecular flexibility index (Phi) is 5.63. The van der Waals surface area contributed by atoms with Crippen molar-refractivity contribution in [3.63, 3.8) is 0 Å². The molecular weight excluding hydrogens is 414 g/mol. The lowest BCUT2D eigenvalue weighted by atomic mass is 10.1. The highest BCUT2D eigenvalue weighted by Crippen LogP contribution is 2.24. The van der Waals surface area contributed by atoms with Gasteiger partial charge in [-0.15, -0.1) is 0 Å². The summed E-state index contributed by atoms with van der Waals surface area (Å²) in [6, 6.07) is 21.8. The zero-order valence-corrected chi connectivity index (χ0v) is 18.7. The maximum absolute atomic E-state index is 12.8. The predicted molar refractivity (Wildman–Crippen MR) is 130 cm³/mol. The number of aliphatic hydroxyl groups is 1. The quantitative estimate of drug-likeness (QED) is 0.515. The molecule has 1 unspecified atom stereocenters. The average Bonchev–Trinajstić information content (AvgIpc) is 3.15. The van der Waals surface area contributed by atoms with Gasteiger partial charge in [-0.1, -0.05) is 30.3 Å². The summed E-state index contributed by atoms with van der Waals surface area (Å²) in [4.78, 5) is 17.5. The summed E-state index contributed by atoms with van der Waals surface area (Å²) < 4.78 is 3.51. The molecule has 1 N–H and O–H groups in total. The molecule has 33 heavy (non-hydrogen) atoms. The van der Waals surface area contributed by atoms with Crippen molar-refractivity contribution in [2.24, 2.45) is 0 Å². The van der Waals surface area contributed by atoms with E-state index in [1.807, 2.05) is 34.9 Å². The van der Waals surface area contributed by atoms with Gasteiger partial charge in [0.2, 0.25) is 0 Å². The number of aliphatic hydroxyl groups excluding tert-OH is 1. The molecule has 1 aliphatic rings. The lowest BCUT2D eigenvalue weighted by molar-refractivity contribution is 0.0967. The zero-order chi connectivity index (χ0) is 22.9. The number of piperazine rings is 1. The van der Waals surface area contributed by atoms with Crippen LogP contribution in [0.4, 0.5) is 5.69 Å². The lowest BCUT2D eigenvalue weighted by Crippen LogP contribution is -2.49. The number of nitriles is 1. The fourth-order valence-corrected chi connectivity index (χ4v) is 4.92. The highest BCUT2D eigenvalue weighted by molar-refractivity contribution is 5.84. The van der Waals surface area contributed by atoms with Crippen molar-refractivity contribution in [3.05, 3.63) is 82.1 Å².